The topological polar surface area (TPSA) is 91.2 Å². The van der Waals surface area contributed by atoms with Crippen LogP contribution in [-0.4, -0.2) is 39.4 Å². The Hall–Kier alpha value is -2.75. The summed E-state index contributed by atoms with van der Waals surface area (Å²) >= 11 is 6.13. The lowest BCUT2D eigenvalue weighted by molar-refractivity contribution is -0.139. The second-order valence-electron chi connectivity index (χ2n) is 7.12. The molecule has 31 heavy (non-hydrogen) atoms. The number of anilines is 1. The minimum atomic E-state index is -3.06. The average molecular weight is 456 g/mol. The molecule has 0 unspecified atom stereocenters. The maximum atomic E-state index is 13.0. The van der Waals surface area contributed by atoms with Crippen LogP contribution in [0.25, 0.3) is 0 Å². The van der Waals surface area contributed by atoms with Gasteiger partial charge in [0.1, 0.15) is 11.8 Å². The summed E-state index contributed by atoms with van der Waals surface area (Å²) in [5.41, 5.74) is 0.859. The fourth-order valence-corrected chi connectivity index (χ4v) is 3.63. The molecule has 2 heterocycles. The lowest BCUT2D eigenvalue weighted by Gasteiger charge is -2.28. The van der Waals surface area contributed by atoms with Crippen molar-refractivity contribution in [3.8, 4) is 5.75 Å². The largest absolute Gasteiger partial charge is 0.462 e. The summed E-state index contributed by atoms with van der Waals surface area (Å²) in [6.07, 6.45) is 5.02. The number of nitrogens with one attached hydrogen (secondary N) is 1. The highest BCUT2D eigenvalue weighted by Gasteiger charge is 2.37. The van der Waals surface area contributed by atoms with E-state index in [-0.39, 0.29) is 34.5 Å². The van der Waals surface area contributed by atoms with E-state index in [1.165, 1.54) is 22.9 Å². The van der Waals surface area contributed by atoms with Gasteiger partial charge >= 0.3 is 12.6 Å². The number of tetrazole rings is 1. The van der Waals surface area contributed by atoms with Gasteiger partial charge in [-0.1, -0.05) is 49.3 Å². The Labute approximate surface area is 183 Å². The van der Waals surface area contributed by atoms with Crippen molar-refractivity contribution >= 4 is 23.5 Å². The number of carbonyl (C=O) groups excluding carboxylic acids is 1. The number of aromatic nitrogens is 4. The van der Waals surface area contributed by atoms with Crippen molar-refractivity contribution in [3.63, 3.8) is 0 Å². The van der Waals surface area contributed by atoms with Gasteiger partial charge in [-0.2, -0.15) is 13.5 Å². The number of benzene rings is 1. The molecule has 168 valence electrons. The van der Waals surface area contributed by atoms with Crippen LogP contribution in [0.2, 0.25) is 5.02 Å². The van der Waals surface area contributed by atoms with E-state index in [0.29, 0.717) is 5.70 Å². The second kappa shape index (κ2) is 10.5. The van der Waals surface area contributed by atoms with Crippen LogP contribution in [0.15, 0.2) is 29.5 Å². The third-order valence-corrected chi connectivity index (χ3v) is 5.13. The summed E-state index contributed by atoms with van der Waals surface area (Å²) in [4.78, 5) is 13.0. The molecule has 1 aromatic carbocycles. The normalized spacial score (nSPS) is 15.6. The Morgan fingerprint density at radius 2 is 2.06 bits per heavy atom. The maximum absolute atomic E-state index is 13.0. The monoisotopic (exact) mass is 455 g/mol. The molecule has 0 fully saturated rings. The first-order valence-electron chi connectivity index (χ1n) is 10.1. The van der Waals surface area contributed by atoms with Crippen LogP contribution in [0.4, 0.5) is 14.7 Å². The van der Waals surface area contributed by atoms with Crippen LogP contribution in [0.1, 0.15) is 57.6 Å². The molecule has 0 saturated carbocycles. The molecule has 11 heteroatoms. The van der Waals surface area contributed by atoms with Gasteiger partial charge in [-0.15, -0.1) is 0 Å². The minimum Gasteiger partial charge on any atom is -0.462 e. The van der Waals surface area contributed by atoms with Crippen LogP contribution in [-0.2, 0) is 9.53 Å². The zero-order valence-electron chi connectivity index (χ0n) is 17.3. The first-order valence-corrected chi connectivity index (χ1v) is 10.5. The van der Waals surface area contributed by atoms with E-state index in [0.717, 1.165) is 32.1 Å². The van der Waals surface area contributed by atoms with E-state index in [1.54, 1.807) is 6.92 Å². The Kier molecular flexibility index (Phi) is 7.78. The first kappa shape index (κ1) is 22.9. The number of carbonyl (C=O) groups is 1. The van der Waals surface area contributed by atoms with Crippen molar-refractivity contribution in [2.24, 2.45) is 0 Å². The van der Waals surface area contributed by atoms with Crippen molar-refractivity contribution in [1.29, 1.82) is 0 Å². The summed E-state index contributed by atoms with van der Waals surface area (Å²) in [7, 11) is 0. The molecule has 0 spiro atoms. The molecule has 0 bridgehead atoms. The van der Waals surface area contributed by atoms with Crippen molar-refractivity contribution in [1.82, 2.24) is 20.2 Å². The fourth-order valence-electron chi connectivity index (χ4n) is 3.45. The first-order chi connectivity index (χ1) is 14.9. The highest BCUT2D eigenvalue weighted by Crippen LogP contribution is 2.40. The van der Waals surface area contributed by atoms with Crippen LogP contribution in [0.5, 0.6) is 5.75 Å². The van der Waals surface area contributed by atoms with Crippen LogP contribution in [0, 0.1) is 0 Å². The molecule has 1 aliphatic heterocycles. The molecular weight excluding hydrogens is 432 g/mol. The zero-order chi connectivity index (χ0) is 22.4. The highest BCUT2D eigenvalue weighted by atomic mass is 35.5. The molecule has 3 rings (SSSR count). The SMILES string of the molecule is CCCCCCCOC(=O)C1=C(C)Nc2nnnn2[C@@H]1c1cc(Cl)ccc1OC(F)F. The number of ether oxygens (including phenoxy) is 2. The van der Waals surface area contributed by atoms with Crippen molar-refractivity contribution in [2.75, 3.05) is 11.9 Å². The molecule has 0 saturated heterocycles. The van der Waals surface area contributed by atoms with E-state index in [9.17, 15) is 13.6 Å². The maximum Gasteiger partial charge on any atom is 0.387 e. The molecule has 0 aliphatic carbocycles. The lowest BCUT2D eigenvalue weighted by Crippen LogP contribution is -2.30. The predicted molar refractivity (Wildman–Crippen MR) is 110 cm³/mol. The number of halogens is 3. The quantitative estimate of drug-likeness (QED) is 0.409. The van der Waals surface area contributed by atoms with Gasteiger partial charge < -0.3 is 14.8 Å². The number of alkyl halides is 2. The third kappa shape index (κ3) is 5.49. The number of allylic oxidation sites excluding steroid dienone is 1. The molecular formula is C20H24ClF2N5O3. The number of nitrogens with zero attached hydrogens (tertiary/aromatic N) is 4. The molecule has 0 amide bonds. The van der Waals surface area contributed by atoms with Crippen molar-refractivity contribution in [3.05, 3.63) is 40.1 Å². The van der Waals surface area contributed by atoms with Gasteiger partial charge in [0.05, 0.1) is 12.2 Å². The Morgan fingerprint density at radius 1 is 1.29 bits per heavy atom. The number of hydrogen-bond acceptors (Lipinski definition) is 7. The van der Waals surface area contributed by atoms with Gasteiger partial charge in [0, 0.05) is 16.3 Å². The van der Waals surface area contributed by atoms with Crippen LogP contribution >= 0.6 is 11.6 Å². The molecule has 8 nitrogen and oxygen atoms in total. The Morgan fingerprint density at radius 3 is 2.81 bits per heavy atom. The molecule has 1 atom stereocenters. The van der Waals surface area contributed by atoms with Crippen molar-refractivity contribution in [2.45, 2.75) is 58.6 Å². The summed E-state index contributed by atoms with van der Waals surface area (Å²) in [6, 6.07) is 3.25. The van der Waals surface area contributed by atoms with Crippen LogP contribution in [0.3, 0.4) is 0 Å². The summed E-state index contributed by atoms with van der Waals surface area (Å²) in [5.74, 6) is -0.471. The Balaban J connectivity index is 1.91. The van der Waals surface area contributed by atoms with E-state index in [4.69, 9.17) is 16.3 Å². The Bertz CT molecular complexity index is 951. The number of unbranched alkanes of at least 4 members (excludes halogenated alkanes) is 4. The summed E-state index contributed by atoms with van der Waals surface area (Å²) in [6.45, 7) is 0.991. The minimum absolute atomic E-state index is 0.134. The van der Waals surface area contributed by atoms with Crippen LogP contribution < -0.4 is 10.1 Å². The van der Waals surface area contributed by atoms with Crippen molar-refractivity contribution < 1.29 is 23.0 Å². The molecule has 1 aromatic heterocycles. The number of hydrogen-bond donors (Lipinski definition) is 1. The third-order valence-electron chi connectivity index (χ3n) is 4.90. The highest BCUT2D eigenvalue weighted by molar-refractivity contribution is 6.30. The van der Waals surface area contributed by atoms with Gasteiger partial charge in [0.15, 0.2) is 0 Å². The molecule has 0 radical (unpaired) electrons. The summed E-state index contributed by atoms with van der Waals surface area (Å²) in [5, 5.41) is 14.7. The lowest BCUT2D eigenvalue weighted by atomic mass is 9.95. The zero-order valence-corrected chi connectivity index (χ0v) is 18.0. The van der Waals surface area contributed by atoms with Gasteiger partial charge in [-0.25, -0.2) is 4.79 Å². The predicted octanol–water partition coefficient (Wildman–Crippen LogP) is 4.73. The van der Waals surface area contributed by atoms with E-state index in [1.807, 2.05) is 0 Å². The van der Waals surface area contributed by atoms with Gasteiger partial charge in [0.2, 0.25) is 5.95 Å². The standard InChI is InChI=1S/C20H24ClF2N5O3/c1-3-4-5-6-7-10-30-18(29)16-12(2)24-20-25-26-27-28(20)17(16)14-11-13(21)8-9-15(14)31-19(22)23/h8-9,11,17,19H,3-7,10H2,1-2H3,(H,24,25,27)/t17-/m1/s1. The second-order valence-corrected chi connectivity index (χ2v) is 7.56. The van der Waals surface area contributed by atoms with E-state index >= 15 is 0 Å². The van der Waals surface area contributed by atoms with Gasteiger partial charge in [-0.3, -0.25) is 0 Å². The van der Waals surface area contributed by atoms with Gasteiger partial charge in [0.25, 0.3) is 0 Å². The molecule has 1 N–H and O–H groups in total. The number of esters is 1. The number of fused-ring (bicyclic) bond motifs is 1. The van der Waals surface area contributed by atoms with E-state index < -0.39 is 18.6 Å². The number of rotatable bonds is 10. The van der Waals surface area contributed by atoms with Gasteiger partial charge in [-0.05, 0) is 42.0 Å². The van der Waals surface area contributed by atoms with E-state index in [2.05, 4.69) is 32.5 Å². The summed E-state index contributed by atoms with van der Waals surface area (Å²) < 4.78 is 37.5. The average Bonchev–Trinajstić information content (AvgIpc) is 3.18. The smallest absolute Gasteiger partial charge is 0.387 e. The molecule has 2 aromatic rings. The fraction of sp³-hybridized carbons (Fsp3) is 0.500. The molecule has 1 aliphatic rings.